The van der Waals surface area contributed by atoms with Crippen LogP contribution in [-0.2, 0) is 6.42 Å². The molecular formula is C29H32OSi. The Morgan fingerprint density at radius 3 is 1.77 bits per heavy atom. The number of hydrogen-bond acceptors (Lipinski definition) is 1. The molecule has 1 aromatic heterocycles. The van der Waals surface area contributed by atoms with Gasteiger partial charge in [0.25, 0.3) is 0 Å². The maximum atomic E-state index is 6.79. The number of benzene rings is 3. The summed E-state index contributed by atoms with van der Waals surface area (Å²) in [5, 5.41) is 3.91. The lowest BCUT2D eigenvalue weighted by Gasteiger charge is -2.26. The van der Waals surface area contributed by atoms with Gasteiger partial charge in [0.05, 0.1) is 5.38 Å². The predicted molar refractivity (Wildman–Crippen MR) is 135 cm³/mol. The van der Waals surface area contributed by atoms with Crippen LogP contribution < -0.4 is 15.8 Å². The predicted octanol–water partition coefficient (Wildman–Crippen LogP) is 6.17. The van der Waals surface area contributed by atoms with E-state index in [9.17, 15) is 0 Å². The van der Waals surface area contributed by atoms with Crippen molar-refractivity contribution in [3.8, 4) is 11.3 Å². The fourth-order valence-corrected chi connectivity index (χ4v) is 7.82. The van der Waals surface area contributed by atoms with Crippen LogP contribution in [0.3, 0.4) is 0 Å². The monoisotopic (exact) mass is 424 g/mol. The summed E-state index contributed by atoms with van der Waals surface area (Å²) < 4.78 is 6.79. The van der Waals surface area contributed by atoms with E-state index in [4.69, 9.17) is 4.42 Å². The molecule has 0 saturated heterocycles. The van der Waals surface area contributed by atoms with E-state index < -0.39 is 8.07 Å². The van der Waals surface area contributed by atoms with Crippen molar-refractivity contribution < 1.29 is 4.42 Å². The largest absolute Gasteiger partial charge is 0.465 e. The number of aryl methyl sites for hydroxylation is 1. The van der Waals surface area contributed by atoms with Crippen LogP contribution in [0.15, 0.2) is 101 Å². The Labute approximate surface area is 187 Å². The summed E-state index contributed by atoms with van der Waals surface area (Å²) in [6.07, 6.45) is 6.11. The van der Waals surface area contributed by atoms with E-state index >= 15 is 0 Å². The minimum Gasteiger partial charge on any atom is -0.465 e. The Kier molecular flexibility index (Phi) is 6.88. The van der Waals surface area contributed by atoms with Gasteiger partial charge in [0, 0.05) is 5.56 Å². The summed E-state index contributed by atoms with van der Waals surface area (Å²) in [5.74, 6) is 1.05. The zero-order chi connectivity index (χ0) is 21.5. The third-order valence-corrected chi connectivity index (χ3v) is 10.5. The van der Waals surface area contributed by atoms with Crippen LogP contribution in [0.2, 0.25) is 6.55 Å². The first-order valence-corrected chi connectivity index (χ1v) is 14.0. The summed E-state index contributed by atoms with van der Waals surface area (Å²) in [6.45, 7) is 4.69. The lowest BCUT2D eigenvalue weighted by atomic mass is 10.0. The van der Waals surface area contributed by atoms with E-state index in [0.717, 1.165) is 17.6 Å². The topological polar surface area (TPSA) is 13.1 Å². The first-order chi connectivity index (χ1) is 15.2. The average molecular weight is 425 g/mol. The Morgan fingerprint density at radius 1 is 0.677 bits per heavy atom. The first kappa shape index (κ1) is 21.4. The molecule has 0 spiro atoms. The number of unbranched alkanes of at least 4 members (excludes halogenated alkanes) is 3. The third-order valence-electron chi connectivity index (χ3n) is 6.34. The van der Waals surface area contributed by atoms with Crippen molar-refractivity contribution in [2.24, 2.45) is 0 Å². The quantitative estimate of drug-likeness (QED) is 0.231. The van der Waals surface area contributed by atoms with Crippen LogP contribution in [0.25, 0.3) is 11.3 Å². The molecule has 0 atom stereocenters. The molecule has 1 heterocycles. The van der Waals surface area contributed by atoms with E-state index in [-0.39, 0.29) is 0 Å². The van der Waals surface area contributed by atoms with Gasteiger partial charge >= 0.3 is 0 Å². The van der Waals surface area contributed by atoms with Crippen molar-refractivity contribution >= 4 is 23.8 Å². The van der Waals surface area contributed by atoms with Crippen molar-refractivity contribution in [1.29, 1.82) is 0 Å². The summed E-state index contributed by atoms with van der Waals surface area (Å²) >= 11 is 0. The van der Waals surface area contributed by atoms with Crippen LogP contribution in [0.5, 0.6) is 0 Å². The van der Waals surface area contributed by atoms with E-state index in [0.29, 0.717) is 0 Å². The van der Waals surface area contributed by atoms with E-state index in [1.54, 1.807) is 0 Å². The van der Waals surface area contributed by atoms with Crippen LogP contribution in [-0.4, -0.2) is 8.07 Å². The van der Waals surface area contributed by atoms with Gasteiger partial charge < -0.3 is 4.42 Å². The van der Waals surface area contributed by atoms with E-state index in [2.05, 4.69) is 111 Å². The zero-order valence-electron chi connectivity index (χ0n) is 18.7. The van der Waals surface area contributed by atoms with Crippen molar-refractivity contribution in [1.82, 2.24) is 0 Å². The molecule has 0 N–H and O–H groups in total. The van der Waals surface area contributed by atoms with Crippen molar-refractivity contribution in [3.05, 3.63) is 103 Å². The molecule has 0 fully saturated rings. The maximum absolute atomic E-state index is 6.79. The molecule has 4 rings (SSSR count). The number of rotatable bonds is 9. The molecule has 0 bridgehead atoms. The van der Waals surface area contributed by atoms with Crippen molar-refractivity contribution in [3.63, 3.8) is 0 Å². The molecule has 0 aliphatic rings. The summed E-state index contributed by atoms with van der Waals surface area (Å²) in [7, 11) is -2.24. The molecule has 0 radical (unpaired) electrons. The Morgan fingerprint density at radius 2 is 1.23 bits per heavy atom. The number of hydrogen-bond donors (Lipinski definition) is 0. The van der Waals surface area contributed by atoms with E-state index in [1.807, 2.05) is 0 Å². The molecule has 0 saturated carbocycles. The molecule has 3 aromatic carbocycles. The van der Waals surface area contributed by atoms with Gasteiger partial charge in [-0.05, 0) is 34.8 Å². The highest BCUT2D eigenvalue weighted by Gasteiger charge is 2.38. The summed E-state index contributed by atoms with van der Waals surface area (Å²) in [4.78, 5) is 0. The smallest absolute Gasteiger partial charge is 0.190 e. The fourth-order valence-electron chi connectivity index (χ4n) is 4.43. The van der Waals surface area contributed by atoms with Crippen LogP contribution in [0.1, 0.15) is 38.2 Å². The fraction of sp³-hybridized carbons (Fsp3) is 0.241. The Hall–Kier alpha value is -2.84. The molecule has 2 heteroatoms. The maximum Gasteiger partial charge on any atom is 0.190 e. The highest BCUT2D eigenvalue weighted by atomic mass is 28.3. The van der Waals surface area contributed by atoms with Gasteiger partial charge in [0.1, 0.15) is 5.76 Å². The van der Waals surface area contributed by atoms with Crippen LogP contribution >= 0.6 is 0 Å². The van der Waals surface area contributed by atoms with Gasteiger partial charge in [0.2, 0.25) is 0 Å². The second-order valence-corrected chi connectivity index (χ2v) is 12.4. The molecule has 1 nitrogen and oxygen atoms in total. The first-order valence-electron chi connectivity index (χ1n) is 11.5. The van der Waals surface area contributed by atoms with Gasteiger partial charge in [0.15, 0.2) is 8.07 Å². The molecule has 31 heavy (non-hydrogen) atoms. The van der Waals surface area contributed by atoms with Gasteiger partial charge in [-0.25, -0.2) is 0 Å². The van der Waals surface area contributed by atoms with Gasteiger partial charge in [-0.1, -0.05) is 124 Å². The van der Waals surface area contributed by atoms with Gasteiger partial charge in [-0.2, -0.15) is 0 Å². The van der Waals surface area contributed by atoms with Gasteiger partial charge in [-0.15, -0.1) is 0 Å². The highest BCUT2D eigenvalue weighted by Crippen LogP contribution is 2.27. The molecule has 158 valence electrons. The van der Waals surface area contributed by atoms with Gasteiger partial charge in [-0.3, -0.25) is 0 Å². The minimum absolute atomic E-state index is 1.05. The zero-order valence-corrected chi connectivity index (χ0v) is 19.7. The van der Waals surface area contributed by atoms with Crippen LogP contribution in [0.4, 0.5) is 0 Å². The highest BCUT2D eigenvalue weighted by molar-refractivity contribution is 7.10. The lowest BCUT2D eigenvalue weighted by Crippen LogP contribution is -2.64. The molecule has 0 amide bonds. The second kappa shape index (κ2) is 9.98. The molecule has 0 aliphatic heterocycles. The standard InChI is InChI=1S/C29H32OSi/c1-3-4-5-9-18-25-23-28(30-29(25)24-16-10-6-11-17-24)31(2,26-19-12-7-13-20-26)27-21-14-8-15-22-27/h6-8,10-17,19-23H,3-5,9,18H2,1-2H3. The SMILES string of the molecule is CCCCCCc1cc([Si](C)(c2ccccc2)c2ccccc2)oc1-c1ccccc1. The Bertz CT molecular complexity index is 1030. The molecule has 4 aromatic rings. The minimum atomic E-state index is -2.24. The molecule has 0 aliphatic carbocycles. The summed E-state index contributed by atoms with van der Waals surface area (Å²) in [5.41, 5.74) is 2.53. The normalized spacial score (nSPS) is 11.5. The number of furan rings is 1. The molecule has 0 unspecified atom stereocenters. The van der Waals surface area contributed by atoms with E-state index in [1.165, 1.54) is 47.2 Å². The lowest BCUT2D eigenvalue weighted by molar-refractivity contribution is 0.605. The Balaban J connectivity index is 1.83. The third kappa shape index (κ3) is 4.60. The average Bonchev–Trinajstić information content (AvgIpc) is 3.28. The van der Waals surface area contributed by atoms with Crippen LogP contribution in [0, 0.1) is 0 Å². The van der Waals surface area contributed by atoms with Crippen molar-refractivity contribution in [2.45, 2.75) is 45.6 Å². The molecular weight excluding hydrogens is 392 g/mol. The summed E-state index contributed by atoms with van der Waals surface area (Å²) in [6, 6.07) is 34.9. The second-order valence-electron chi connectivity index (χ2n) is 8.50. The van der Waals surface area contributed by atoms with Crippen molar-refractivity contribution in [2.75, 3.05) is 0 Å².